The van der Waals surface area contributed by atoms with E-state index in [0.717, 1.165) is 12.0 Å². The van der Waals surface area contributed by atoms with Gasteiger partial charge < -0.3 is 9.80 Å². The minimum absolute atomic E-state index is 0.0107. The summed E-state index contributed by atoms with van der Waals surface area (Å²) in [4.78, 5) is 29.0. The minimum atomic E-state index is 0.0107. The van der Waals surface area contributed by atoms with E-state index in [9.17, 15) is 9.59 Å². The van der Waals surface area contributed by atoms with Gasteiger partial charge in [0.25, 0.3) is 0 Å². The van der Waals surface area contributed by atoms with Crippen LogP contribution in [0.2, 0.25) is 0 Å². The Hall–Kier alpha value is -2.63. The van der Waals surface area contributed by atoms with Gasteiger partial charge in [-0.2, -0.15) is 5.10 Å². The third-order valence-electron chi connectivity index (χ3n) is 4.66. The maximum absolute atomic E-state index is 12.6. The second-order valence-electron chi connectivity index (χ2n) is 6.36. The first-order chi connectivity index (χ1) is 12.2. The first kappa shape index (κ1) is 17.2. The van der Waals surface area contributed by atoms with E-state index in [1.165, 1.54) is 0 Å². The summed E-state index contributed by atoms with van der Waals surface area (Å²) in [6.45, 7) is 3.93. The number of nitrogens with zero attached hydrogens (tertiary/aromatic N) is 4. The summed E-state index contributed by atoms with van der Waals surface area (Å²) in [6.07, 6.45) is 4.63. The van der Waals surface area contributed by atoms with Gasteiger partial charge in [-0.15, -0.1) is 0 Å². The number of benzene rings is 1. The van der Waals surface area contributed by atoms with Gasteiger partial charge in [-0.1, -0.05) is 37.3 Å². The molecule has 0 saturated carbocycles. The number of hydrogen-bond donors (Lipinski definition) is 0. The van der Waals surface area contributed by atoms with Gasteiger partial charge in [0.05, 0.1) is 0 Å². The summed E-state index contributed by atoms with van der Waals surface area (Å²) >= 11 is 0. The van der Waals surface area contributed by atoms with Crippen LogP contribution in [-0.4, -0.2) is 50.5 Å². The third-order valence-corrected chi connectivity index (χ3v) is 4.66. The van der Waals surface area contributed by atoms with Crippen LogP contribution in [0.3, 0.4) is 0 Å². The van der Waals surface area contributed by atoms with Crippen molar-refractivity contribution in [1.29, 1.82) is 0 Å². The minimum Gasteiger partial charge on any atom is -0.339 e. The van der Waals surface area contributed by atoms with Gasteiger partial charge in [0, 0.05) is 44.5 Å². The Morgan fingerprint density at radius 3 is 2.72 bits per heavy atom. The topological polar surface area (TPSA) is 58.4 Å². The molecule has 2 amide bonds. The highest BCUT2D eigenvalue weighted by molar-refractivity contribution is 5.80. The molecule has 0 bridgehead atoms. The Bertz CT molecular complexity index is 699. The van der Waals surface area contributed by atoms with Crippen molar-refractivity contribution in [2.45, 2.75) is 38.9 Å². The lowest BCUT2D eigenvalue weighted by atomic mass is 10.1. The van der Waals surface area contributed by atoms with Crippen molar-refractivity contribution in [3.63, 3.8) is 0 Å². The highest BCUT2D eigenvalue weighted by Gasteiger charge is 2.30. The standard InChI is InChI=1S/C19H24N4O2/c1-2-17-14-21(19(25)15-22-11-6-10-20-22)12-9-18(24)23(17)13-16-7-4-3-5-8-16/h3-8,10-11,17H,2,9,12-15H2,1H3/t17-/m1/s1. The lowest BCUT2D eigenvalue weighted by Crippen LogP contribution is -2.44. The number of carbonyl (C=O) groups is 2. The summed E-state index contributed by atoms with van der Waals surface area (Å²) in [7, 11) is 0. The lowest BCUT2D eigenvalue weighted by molar-refractivity contribution is -0.133. The molecule has 1 aliphatic heterocycles. The van der Waals surface area contributed by atoms with Crippen LogP contribution in [0.4, 0.5) is 0 Å². The van der Waals surface area contributed by atoms with Gasteiger partial charge in [0.15, 0.2) is 0 Å². The molecule has 1 atom stereocenters. The average molecular weight is 340 g/mol. The van der Waals surface area contributed by atoms with Crippen LogP contribution < -0.4 is 0 Å². The van der Waals surface area contributed by atoms with Crippen molar-refractivity contribution in [1.82, 2.24) is 19.6 Å². The van der Waals surface area contributed by atoms with E-state index in [1.807, 2.05) is 35.2 Å². The van der Waals surface area contributed by atoms with Gasteiger partial charge in [-0.05, 0) is 18.1 Å². The van der Waals surface area contributed by atoms with Crippen LogP contribution in [0.1, 0.15) is 25.3 Å². The van der Waals surface area contributed by atoms with Crippen LogP contribution in [-0.2, 0) is 22.7 Å². The molecular weight excluding hydrogens is 316 g/mol. The molecule has 1 saturated heterocycles. The van der Waals surface area contributed by atoms with Crippen molar-refractivity contribution < 1.29 is 9.59 Å². The van der Waals surface area contributed by atoms with E-state index in [1.54, 1.807) is 28.0 Å². The lowest BCUT2D eigenvalue weighted by Gasteiger charge is -2.31. The first-order valence-electron chi connectivity index (χ1n) is 8.76. The third kappa shape index (κ3) is 4.26. The Balaban J connectivity index is 1.70. The van der Waals surface area contributed by atoms with E-state index >= 15 is 0 Å². The molecule has 6 heteroatoms. The zero-order chi connectivity index (χ0) is 17.6. The molecule has 0 radical (unpaired) electrons. The number of rotatable bonds is 5. The molecule has 2 aromatic rings. The highest BCUT2D eigenvalue weighted by atomic mass is 16.2. The smallest absolute Gasteiger partial charge is 0.244 e. The fourth-order valence-electron chi connectivity index (χ4n) is 3.23. The van der Waals surface area contributed by atoms with Gasteiger partial charge >= 0.3 is 0 Å². The number of amides is 2. The molecule has 1 aromatic carbocycles. The van der Waals surface area contributed by atoms with Crippen LogP contribution in [0, 0.1) is 0 Å². The molecule has 1 aromatic heterocycles. The van der Waals surface area contributed by atoms with Gasteiger partial charge in [-0.3, -0.25) is 14.3 Å². The molecule has 25 heavy (non-hydrogen) atoms. The van der Waals surface area contributed by atoms with Gasteiger partial charge in [0.2, 0.25) is 11.8 Å². The molecule has 6 nitrogen and oxygen atoms in total. The second-order valence-corrected chi connectivity index (χ2v) is 6.36. The monoisotopic (exact) mass is 340 g/mol. The molecule has 1 fully saturated rings. The molecule has 2 heterocycles. The van der Waals surface area contributed by atoms with Crippen molar-refractivity contribution in [3.05, 3.63) is 54.4 Å². The molecular formula is C19H24N4O2. The first-order valence-corrected chi connectivity index (χ1v) is 8.76. The normalized spacial score (nSPS) is 18.3. The summed E-state index contributed by atoms with van der Waals surface area (Å²) in [5, 5.41) is 4.09. The number of carbonyl (C=O) groups excluding carboxylic acids is 2. The second kappa shape index (κ2) is 7.96. The molecule has 3 rings (SSSR count). The molecule has 0 unspecified atom stereocenters. The highest BCUT2D eigenvalue weighted by Crippen LogP contribution is 2.18. The molecule has 1 aliphatic rings. The number of hydrogen-bond acceptors (Lipinski definition) is 3. The van der Waals surface area contributed by atoms with Gasteiger partial charge in [0.1, 0.15) is 6.54 Å². The molecule has 132 valence electrons. The summed E-state index contributed by atoms with van der Waals surface area (Å²) in [5.41, 5.74) is 1.12. The largest absolute Gasteiger partial charge is 0.339 e. The zero-order valence-corrected chi connectivity index (χ0v) is 14.5. The SMILES string of the molecule is CC[C@@H]1CN(C(=O)Cn2cccn2)CCC(=O)N1Cc1ccccc1. The maximum Gasteiger partial charge on any atom is 0.244 e. The molecule has 0 spiro atoms. The van der Waals surface area contributed by atoms with E-state index in [4.69, 9.17) is 0 Å². The van der Waals surface area contributed by atoms with Crippen LogP contribution in [0.25, 0.3) is 0 Å². The quantitative estimate of drug-likeness (QED) is 0.835. The van der Waals surface area contributed by atoms with Crippen molar-refractivity contribution in [2.75, 3.05) is 13.1 Å². The number of aromatic nitrogens is 2. The van der Waals surface area contributed by atoms with Crippen LogP contribution >= 0.6 is 0 Å². The zero-order valence-electron chi connectivity index (χ0n) is 14.5. The van der Waals surface area contributed by atoms with Crippen LogP contribution in [0.5, 0.6) is 0 Å². The Labute approximate surface area is 148 Å². The summed E-state index contributed by atoms with van der Waals surface area (Å²) in [5.74, 6) is 0.126. The van der Waals surface area contributed by atoms with E-state index < -0.39 is 0 Å². The fraction of sp³-hybridized carbons (Fsp3) is 0.421. The predicted molar refractivity (Wildman–Crippen MR) is 94.5 cm³/mol. The predicted octanol–water partition coefficient (Wildman–Crippen LogP) is 1.92. The van der Waals surface area contributed by atoms with Crippen molar-refractivity contribution >= 4 is 11.8 Å². The maximum atomic E-state index is 12.6. The van der Waals surface area contributed by atoms with Crippen molar-refractivity contribution in [3.8, 4) is 0 Å². The molecule has 0 aliphatic carbocycles. The summed E-state index contributed by atoms with van der Waals surface area (Å²) in [6, 6.07) is 11.8. The average Bonchev–Trinajstić information content (AvgIpc) is 3.08. The van der Waals surface area contributed by atoms with Crippen molar-refractivity contribution in [2.24, 2.45) is 0 Å². The Kier molecular flexibility index (Phi) is 5.48. The van der Waals surface area contributed by atoms with E-state index in [0.29, 0.717) is 26.1 Å². The van der Waals surface area contributed by atoms with Crippen LogP contribution in [0.15, 0.2) is 48.8 Å². The van der Waals surface area contributed by atoms with E-state index in [-0.39, 0.29) is 24.4 Å². The Morgan fingerprint density at radius 2 is 2.04 bits per heavy atom. The van der Waals surface area contributed by atoms with Gasteiger partial charge in [-0.25, -0.2) is 0 Å². The molecule has 0 N–H and O–H groups in total. The summed E-state index contributed by atoms with van der Waals surface area (Å²) < 4.78 is 1.62. The fourth-order valence-corrected chi connectivity index (χ4v) is 3.23. The van der Waals surface area contributed by atoms with E-state index in [2.05, 4.69) is 12.0 Å². The Morgan fingerprint density at radius 1 is 1.24 bits per heavy atom.